The van der Waals surface area contributed by atoms with Crippen molar-refractivity contribution < 1.29 is 14.7 Å². The van der Waals surface area contributed by atoms with Crippen LogP contribution in [0.4, 0.5) is 0 Å². The van der Waals surface area contributed by atoms with Crippen LogP contribution in [-0.2, 0) is 16.0 Å². The van der Waals surface area contributed by atoms with Gasteiger partial charge in [0.25, 0.3) is 0 Å². The molecule has 2 aromatic rings. The van der Waals surface area contributed by atoms with Crippen LogP contribution in [0.5, 0.6) is 0 Å². The van der Waals surface area contributed by atoms with Crippen molar-refractivity contribution in [3.8, 4) is 11.8 Å². The van der Waals surface area contributed by atoms with Crippen molar-refractivity contribution in [1.82, 2.24) is 4.90 Å². The average molecular weight is 545 g/mol. The van der Waals surface area contributed by atoms with Gasteiger partial charge in [0.1, 0.15) is 0 Å². The second kappa shape index (κ2) is 17.1. The second-order valence-electron chi connectivity index (χ2n) is 9.37. The summed E-state index contributed by atoms with van der Waals surface area (Å²) in [7, 11) is 0. The van der Waals surface area contributed by atoms with Crippen molar-refractivity contribution in [2.24, 2.45) is 0 Å². The summed E-state index contributed by atoms with van der Waals surface area (Å²) < 4.78 is 0. The minimum atomic E-state index is -1.46. The molecule has 0 bridgehead atoms. The maximum atomic E-state index is 12.6. The molecule has 1 atom stereocenters. The predicted molar refractivity (Wildman–Crippen MR) is 153 cm³/mol. The third-order valence-electron chi connectivity index (χ3n) is 6.52. The smallest absolute Gasteiger partial charge is 0.394 e. The van der Waals surface area contributed by atoms with Crippen LogP contribution in [0.25, 0.3) is 0 Å². The van der Waals surface area contributed by atoms with Crippen molar-refractivity contribution in [2.45, 2.75) is 90.5 Å². The third-order valence-corrected chi connectivity index (χ3v) is 7.25. The van der Waals surface area contributed by atoms with Gasteiger partial charge in [-0.2, -0.15) is 0 Å². The van der Waals surface area contributed by atoms with Crippen molar-refractivity contribution in [2.75, 3.05) is 6.54 Å². The van der Waals surface area contributed by atoms with E-state index in [1.165, 1.54) is 49.8 Å². The first-order chi connectivity index (χ1) is 17.9. The molecule has 200 valence electrons. The Kier molecular flexibility index (Phi) is 14.2. The molecule has 2 aromatic carbocycles. The molecule has 0 aliphatic rings. The number of hydrogen-bond donors (Lipinski definition) is 1. The summed E-state index contributed by atoms with van der Waals surface area (Å²) in [5.41, 5.74) is 2.69. The Labute approximate surface area is 232 Å². The van der Waals surface area contributed by atoms with E-state index in [-0.39, 0.29) is 12.6 Å². The molecule has 0 spiro atoms. The van der Waals surface area contributed by atoms with Crippen LogP contribution in [0, 0.1) is 11.8 Å². The lowest BCUT2D eigenvalue weighted by atomic mass is 10.00. The highest BCUT2D eigenvalue weighted by Crippen LogP contribution is 2.27. The van der Waals surface area contributed by atoms with Gasteiger partial charge in [0.2, 0.25) is 0 Å². The quantitative estimate of drug-likeness (QED) is 0.147. The number of halogens is 2. The molecule has 37 heavy (non-hydrogen) atoms. The molecule has 1 amide bonds. The van der Waals surface area contributed by atoms with E-state index in [2.05, 4.69) is 18.8 Å². The second-order valence-corrected chi connectivity index (χ2v) is 10.2. The molecule has 0 aliphatic heterocycles. The Morgan fingerprint density at radius 2 is 1.54 bits per heavy atom. The number of rotatable bonds is 14. The Bertz CT molecular complexity index is 1060. The fraction of sp³-hybridized carbons (Fsp3) is 0.484. The van der Waals surface area contributed by atoms with E-state index in [1.54, 1.807) is 12.1 Å². The molecule has 0 saturated carbocycles. The Hall–Kier alpha value is -2.48. The number of amides is 1. The maximum absolute atomic E-state index is 12.6. The number of benzene rings is 2. The molecule has 6 heteroatoms. The number of unbranched alkanes of at least 4 members (excludes halogenated alkanes) is 8. The summed E-state index contributed by atoms with van der Waals surface area (Å²) in [6.07, 6.45) is 12.2. The van der Waals surface area contributed by atoms with Crippen LogP contribution < -0.4 is 0 Å². The van der Waals surface area contributed by atoms with Crippen molar-refractivity contribution in [1.29, 1.82) is 0 Å². The zero-order valence-corrected chi connectivity index (χ0v) is 23.6. The number of carboxylic acid groups (broad SMARTS) is 1. The molecular formula is C31H39Cl2NO3. The van der Waals surface area contributed by atoms with Gasteiger partial charge in [-0.05, 0) is 54.7 Å². The van der Waals surface area contributed by atoms with Crippen LogP contribution in [0.3, 0.4) is 0 Å². The van der Waals surface area contributed by atoms with Crippen LogP contribution >= 0.6 is 23.2 Å². The predicted octanol–water partition coefficient (Wildman–Crippen LogP) is 8.48. The molecule has 0 heterocycles. The van der Waals surface area contributed by atoms with Gasteiger partial charge in [0, 0.05) is 18.5 Å². The highest BCUT2D eigenvalue weighted by Gasteiger charge is 2.28. The Morgan fingerprint density at radius 3 is 2.14 bits per heavy atom. The summed E-state index contributed by atoms with van der Waals surface area (Å²) in [5, 5.41) is 10.3. The van der Waals surface area contributed by atoms with Crippen molar-refractivity contribution in [3.05, 3.63) is 69.2 Å². The number of carbonyl (C=O) groups excluding carboxylic acids is 1. The zero-order chi connectivity index (χ0) is 27.0. The van der Waals surface area contributed by atoms with E-state index in [4.69, 9.17) is 23.2 Å². The lowest BCUT2D eigenvalue weighted by molar-refractivity contribution is -0.157. The van der Waals surface area contributed by atoms with E-state index in [1.807, 2.05) is 37.3 Å². The molecule has 0 aromatic heterocycles. The lowest BCUT2D eigenvalue weighted by Gasteiger charge is -2.30. The summed E-state index contributed by atoms with van der Waals surface area (Å²) >= 11 is 12.1. The highest BCUT2D eigenvalue weighted by molar-refractivity contribution is 6.42. The van der Waals surface area contributed by atoms with E-state index in [9.17, 15) is 14.7 Å². The topological polar surface area (TPSA) is 57.6 Å². The molecular weight excluding hydrogens is 505 g/mol. The first kappa shape index (κ1) is 30.7. The molecule has 1 N–H and O–H groups in total. The molecule has 0 saturated heterocycles. The van der Waals surface area contributed by atoms with Gasteiger partial charge in [-0.1, -0.05) is 112 Å². The van der Waals surface area contributed by atoms with Crippen LogP contribution in [0.15, 0.2) is 42.5 Å². The fourth-order valence-corrected chi connectivity index (χ4v) is 4.72. The number of carbonyl (C=O) groups is 2. The molecule has 2 rings (SSSR count). The van der Waals surface area contributed by atoms with Crippen molar-refractivity contribution >= 4 is 35.1 Å². The van der Waals surface area contributed by atoms with Gasteiger partial charge in [0.15, 0.2) is 0 Å². The van der Waals surface area contributed by atoms with Gasteiger partial charge in [0.05, 0.1) is 16.1 Å². The maximum Gasteiger partial charge on any atom is 0.394 e. The SMILES string of the molecule is CCCCCCCCCCC#Cc1ccc(C(CC)N(CCc2ccc(Cl)c(Cl)c2)C(=O)C(=O)O)cc1. The molecule has 0 aliphatic carbocycles. The molecule has 0 radical (unpaired) electrons. The number of carboxylic acids is 1. The van der Waals surface area contributed by atoms with Gasteiger partial charge in [-0.15, -0.1) is 0 Å². The molecule has 4 nitrogen and oxygen atoms in total. The number of nitrogens with zero attached hydrogens (tertiary/aromatic N) is 1. The minimum absolute atomic E-state index is 0.252. The van der Waals surface area contributed by atoms with Gasteiger partial charge in [-0.3, -0.25) is 4.79 Å². The van der Waals surface area contributed by atoms with Gasteiger partial charge in [-0.25, -0.2) is 4.79 Å². The average Bonchev–Trinajstić information content (AvgIpc) is 2.89. The first-order valence-electron chi connectivity index (χ1n) is 13.4. The number of aliphatic carboxylic acids is 1. The summed E-state index contributed by atoms with van der Waals surface area (Å²) in [5.74, 6) is 4.11. The molecule has 1 unspecified atom stereocenters. The van der Waals surface area contributed by atoms with E-state index in [0.29, 0.717) is 22.9 Å². The number of hydrogen-bond acceptors (Lipinski definition) is 2. The highest BCUT2D eigenvalue weighted by atomic mass is 35.5. The van der Waals surface area contributed by atoms with Crippen molar-refractivity contribution in [3.63, 3.8) is 0 Å². The van der Waals surface area contributed by atoms with E-state index >= 15 is 0 Å². The minimum Gasteiger partial charge on any atom is -0.474 e. The summed E-state index contributed by atoms with van der Waals surface area (Å²) in [6.45, 7) is 4.44. The van der Waals surface area contributed by atoms with Crippen LogP contribution in [0.2, 0.25) is 10.0 Å². The van der Waals surface area contributed by atoms with E-state index < -0.39 is 11.9 Å². The summed E-state index contributed by atoms with van der Waals surface area (Å²) in [4.78, 5) is 25.6. The largest absolute Gasteiger partial charge is 0.474 e. The standard InChI is InChI=1S/C31H39Cl2NO3/c1-3-5-6-7-8-9-10-11-12-13-14-24-15-18-26(19-16-24)29(4-2)34(30(35)31(36)37)22-21-25-17-20-27(32)28(33)23-25/h15-20,23,29H,3-12,21-22H2,1-2H3,(H,36,37). The van der Waals surface area contributed by atoms with Gasteiger partial charge >= 0.3 is 11.9 Å². The fourth-order valence-electron chi connectivity index (χ4n) is 4.40. The van der Waals surface area contributed by atoms with Crippen LogP contribution in [0.1, 0.15) is 101 Å². The normalized spacial score (nSPS) is 11.5. The Morgan fingerprint density at radius 1 is 0.892 bits per heavy atom. The van der Waals surface area contributed by atoms with Crippen LogP contribution in [-0.4, -0.2) is 28.4 Å². The first-order valence-corrected chi connectivity index (χ1v) is 14.2. The van der Waals surface area contributed by atoms with E-state index in [0.717, 1.165) is 29.5 Å². The molecule has 0 fully saturated rings. The summed E-state index contributed by atoms with van der Waals surface area (Å²) in [6, 6.07) is 12.7. The monoisotopic (exact) mass is 543 g/mol. The van der Waals surface area contributed by atoms with Gasteiger partial charge < -0.3 is 10.0 Å². The third kappa shape index (κ3) is 10.8. The Balaban J connectivity index is 1.97. The lowest BCUT2D eigenvalue weighted by Crippen LogP contribution is -2.40. The zero-order valence-electron chi connectivity index (χ0n) is 22.1.